The minimum absolute atomic E-state index is 0.0508. The van der Waals surface area contributed by atoms with Crippen molar-refractivity contribution in [3.63, 3.8) is 0 Å². The number of carbonyl (C=O) groups excluding carboxylic acids is 1. The maximum absolute atomic E-state index is 11.2. The normalized spacial score (nSPS) is 11.7. The Hall–Kier alpha value is -1.75. The van der Waals surface area contributed by atoms with Crippen LogP contribution in [-0.4, -0.2) is 33.3 Å². The fourth-order valence-electron chi connectivity index (χ4n) is 2.01. The summed E-state index contributed by atoms with van der Waals surface area (Å²) in [6.45, 7) is 3.64. The van der Waals surface area contributed by atoms with Gasteiger partial charge >= 0.3 is 5.97 Å². The number of carboxylic acids is 1. The van der Waals surface area contributed by atoms with Gasteiger partial charge in [0.25, 0.3) is 0 Å². The molecule has 0 saturated heterocycles. The van der Waals surface area contributed by atoms with Crippen molar-refractivity contribution in [3.05, 3.63) is 35.9 Å². The summed E-state index contributed by atoms with van der Waals surface area (Å²) in [5.41, 5.74) is 0.992. The molecule has 1 N–H and O–H groups in total. The number of benzene rings is 1. The van der Waals surface area contributed by atoms with Gasteiger partial charge < -0.3 is 14.8 Å². The van der Waals surface area contributed by atoms with Gasteiger partial charge in [-0.1, -0.05) is 49.5 Å². The van der Waals surface area contributed by atoms with Gasteiger partial charge in [-0.05, 0) is 12.5 Å². The van der Waals surface area contributed by atoms with Crippen molar-refractivity contribution in [1.82, 2.24) is 4.90 Å². The molecule has 0 radical (unpaired) electrons. The van der Waals surface area contributed by atoms with E-state index < -0.39 is 5.97 Å². The lowest BCUT2D eigenvalue weighted by Crippen LogP contribution is -2.37. The Morgan fingerprint density at radius 3 is 2.40 bits per heavy atom. The van der Waals surface area contributed by atoms with Crippen molar-refractivity contribution < 1.29 is 14.7 Å². The molecule has 0 aliphatic heterocycles. The van der Waals surface area contributed by atoms with Crippen LogP contribution in [-0.2, 0) is 16.1 Å². The van der Waals surface area contributed by atoms with Gasteiger partial charge in [-0.2, -0.15) is 0 Å². The van der Waals surface area contributed by atoms with E-state index in [0.29, 0.717) is 18.0 Å². The Balaban J connectivity index is 2.80. The minimum atomic E-state index is -0.932. The molecule has 20 heavy (non-hydrogen) atoms. The lowest BCUT2D eigenvalue weighted by molar-refractivity contribution is -0.137. The fourth-order valence-corrected chi connectivity index (χ4v) is 2.22. The number of carboxylic acid groups (broad SMARTS) is 1. The molecule has 0 saturated carbocycles. The molecule has 0 amide bonds. The van der Waals surface area contributed by atoms with E-state index in [1.165, 1.54) is 6.92 Å². The number of hydrogen-bond acceptors (Lipinski definition) is 3. The molecule has 1 aromatic rings. The lowest BCUT2D eigenvalue weighted by atomic mass is 10.0. The molecule has 0 bridgehead atoms. The van der Waals surface area contributed by atoms with E-state index in [-0.39, 0.29) is 18.2 Å². The highest BCUT2D eigenvalue weighted by molar-refractivity contribution is 7.80. The van der Waals surface area contributed by atoms with Gasteiger partial charge in [-0.3, -0.25) is 4.79 Å². The Kier molecular flexibility index (Phi) is 6.31. The van der Waals surface area contributed by atoms with Gasteiger partial charge in [-0.15, -0.1) is 0 Å². The molecular formula is C15H19NO3S. The van der Waals surface area contributed by atoms with Crippen LogP contribution in [0.4, 0.5) is 0 Å². The van der Waals surface area contributed by atoms with E-state index >= 15 is 0 Å². The number of aliphatic carboxylic acids is 1. The van der Waals surface area contributed by atoms with Crippen LogP contribution in [0.2, 0.25) is 0 Å². The van der Waals surface area contributed by atoms with Crippen LogP contribution in [0.25, 0.3) is 0 Å². The van der Waals surface area contributed by atoms with Gasteiger partial charge in [0.2, 0.25) is 0 Å². The Morgan fingerprint density at radius 2 is 1.90 bits per heavy atom. The van der Waals surface area contributed by atoms with E-state index in [1.807, 2.05) is 37.3 Å². The zero-order chi connectivity index (χ0) is 15.1. The first-order valence-corrected chi connectivity index (χ1v) is 6.85. The number of ketones is 1. The molecule has 1 unspecified atom stereocenters. The highest BCUT2D eigenvalue weighted by atomic mass is 32.1. The SMILES string of the molecule is CC(=O)CC(C)C(=S)N(CC(=O)O)Cc1ccccc1. The van der Waals surface area contributed by atoms with Crippen LogP contribution < -0.4 is 0 Å². The fraction of sp³-hybridized carbons (Fsp3) is 0.400. The van der Waals surface area contributed by atoms with Crippen LogP contribution in [0.1, 0.15) is 25.8 Å². The molecule has 0 spiro atoms. The quantitative estimate of drug-likeness (QED) is 0.783. The lowest BCUT2D eigenvalue weighted by Gasteiger charge is -2.27. The zero-order valence-corrected chi connectivity index (χ0v) is 12.5. The summed E-state index contributed by atoms with van der Waals surface area (Å²) in [6, 6.07) is 9.55. The Labute approximate surface area is 124 Å². The molecule has 1 aromatic carbocycles. The molecule has 5 heteroatoms. The minimum Gasteiger partial charge on any atom is -0.480 e. The number of nitrogens with zero attached hydrogens (tertiary/aromatic N) is 1. The van der Waals surface area contributed by atoms with Crippen LogP contribution >= 0.6 is 12.2 Å². The first kappa shape index (κ1) is 16.3. The zero-order valence-electron chi connectivity index (χ0n) is 11.7. The summed E-state index contributed by atoms with van der Waals surface area (Å²) in [7, 11) is 0. The smallest absolute Gasteiger partial charge is 0.323 e. The van der Waals surface area contributed by atoms with Gasteiger partial charge in [0.15, 0.2) is 0 Å². The largest absolute Gasteiger partial charge is 0.480 e. The standard InChI is InChI=1S/C15H19NO3S/c1-11(8-12(2)17)15(20)16(10-14(18)19)9-13-6-4-3-5-7-13/h3-7,11H,8-10H2,1-2H3,(H,18,19). The monoisotopic (exact) mass is 293 g/mol. The average Bonchev–Trinajstić information content (AvgIpc) is 2.37. The highest BCUT2D eigenvalue weighted by Crippen LogP contribution is 2.13. The molecule has 108 valence electrons. The average molecular weight is 293 g/mol. The maximum Gasteiger partial charge on any atom is 0.323 e. The maximum atomic E-state index is 11.2. The van der Waals surface area contributed by atoms with Gasteiger partial charge in [0, 0.05) is 18.9 Å². The number of Topliss-reactive ketones (excluding diaryl/α,β-unsaturated/α-hetero) is 1. The van der Waals surface area contributed by atoms with Crippen LogP contribution in [0, 0.1) is 5.92 Å². The molecule has 0 aliphatic carbocycles. The van der Waals surface area contributed by atoms with Gasteiger partial charge in [0.1, 0.15) is 12.3 Å². The molecular weight excluding hydrogens is 274 g/mol. The summed E-state index contributed by atoms with van der Waals surface area (Å²) in [4.78, 5) is 24.3. The van der Waals surface area contributed by atoms with Crippen molar-refractivity contribution in [3.8, 4) is 0 Å². The summed E-state index contributed by atoms with van der Waals surface area (Å²) >= 11 is 5.34. The third kappa shape index (κ3) is 5.48. The number of thiocarbonyl (C=S) groups is 1. The number of carbonyl (C=O) groups is 2. The topological polar surface area (TPSA) is 57.6 Å². The summed E-state index contributed by atoms with van der Waals surface area (Å²) in [5.74, 6) is -1.02. The van der Waals surface area contributed by atoms with Gasteiger partial charge in [0.05, 0.1) is 4.99 Å². The second-order valence-corrected chi connectivity index (χ2v) is 5.30. The van der Waals surface area contributed by atoms with E-state index in [0.717, 1.165) is 5.56 Å². The third-order valence-corrected chi connectivity index (χ3v) is 3.53. The molecule has 0 aromatic heterocycles. The third-order valence-electron chi connectivity index (χ3n) is 2.87. The van der Waals surface area contributed by atoms with Crippen molar-refractivity contribution in [2.45, 2.75) is 26.8 Å². The second kappa shape index (κ2) is 7.75. The second-order valence-electron chi connectivity index (χ2n) is 4.88. The molecule has 1 atom stereocenters. The predicted molar refractivity (Wildman–Crippen MR) is 81.5 cm³/mol. The van der Waals surface area contributed by atoms with Crippen molar-refractivity contribution in [2.75, 3.05) is 6.54 Å². The molecule has 0 heterocycles. The molecule has 1 rings (SSSR count). The van der Waals surface area contributed by atoms with Crippen LogP contribution in [0.5, 0.6) is 0 Å². The van der Waals surface area contributed by atoms with E-state index in [2.05, 4.69) is 0 Å². The highest BCUT2D eigenvalue weighted by Gasteiger charge is 2.20. The first-order valence-electron chi connectivity index (χ1n) is 6.44. The summed E-state index contributed by atoms with van der Waals surface area (Å²) in [6.07, 6.45) is 0.337. The summed E-state index contributed by atoms with van der Waals surface area (Å²) in [5, 5.41) is 9.01. The van der Waals surface area contributed by atoms with E-state index in [9.17, 15) is 9.59 Å². The molecule has 0 fully saturated rings. The van der Waals surface area contributed by atoms with Gasteiger partial charge in [-0.25, -0.2) is 0 Å². The van der Waals surface area contributed by atoms with Crippen molar-refractivity contribution in [2.24, 2.45) is 5.92 Å². The summed E-state index contributed by atoms with van der Waals surface area (Å²) < 4.78 is 0. The number of hydrogen-bond donors (Lipinski definition) is 1. The number of rotatable bonds is 7. The van der Waals surface area contributed by atoms with Crippen molar-refractivity contribution in [1.29, 1.82) is 0 Å². The first-order chi connectivity index (χ1) is 9.40. The predicted octanol–water partition coefficient (Wildman–Crippen LogP) is 2.52. The Bertz CT molecular complexity index is 487. The van der Waals surface area contributed by atoms with E-state index in [1.54, 1.807) is 4.90 Å². The van der Waals surface area contributed by atoms with Crippen molar-refractivity contribution >= 4 is 29.0 Å². The van der Waals surface area contributed by atoms with Crippen LogP contribution in [0.3, 0.4) is 0 Å². The molecule has 0 aliphatic rings. The Morgan fingerprint density at radius 1 is 1.30 bits per heavy atom. The molecule has 4 nitrogen and oxygen atoms in total. The van der Waals surface area contributed by atoms with E-state index in [4.69, 9.17) is 17.3 Å². The van der Waals surface area contributed by atoms with Crippen LogP contribution in [0.15, 0.2) is 30.3 Å².